The molecule has 0 aromatic heterocycles. The van der Waals surface area contributed by atoms with Crippen molar-refractivity contribution in [1.29, 1.82) is 0 Å². The number of benzene rings is 1. The van der Waals surface area contributed by atoms with E-state index >= 15 is 0 Å². The van der Waals surface area contributed by atoms with Crippen LogP contribution in [0.3, 0.4) is 0 Å². The molecule has 112 valence electrons. The molecule has 1 aromatic rings. The van der Waals surface area contributed by atoms with Crippen molar-refractivity contribution in [2.24, 2.45) is 5.14 Å². The molecule has 0 amide bonds. The van der Waals surface area contributed by atoms with Crippen molar-refractivity contribution in [2.75, 3.05) is 6.61 Å². The van der Waals surface area contributed by atoms with Gasteiger partial charge < -0.3 is 9.47 Å². The summed E-state index contributed by atoms with van der Waals surface area (Å²) in [7, 11) is -4.00. The van der Waals surface area contributed by atoms with Gasteiger partial charge in [-0.05, 0) is 6.07 Å². The molecule has 1 aliphatic rings. The second-order valence-corrected chi connectivity index (χ2v) is 5.86. The first kappa shape index (κ1) is 15.2. The van der Waals surface area contributed by atoms with Crippen LogP contribution < -0.4 is 9.88 Å². The highest BCUT2D eigenvalue weighted by Crippen LogP contribution is 2.41. The fraction of sp³-hybridized carbons (Fsp3) is 0.538. The van der Waals surface area contributed by atoms with Gasteiger partial charge in [-0.3, -0.25) is 4.18 Å². The minimum Gasteiger partial charge on any atom is -0.462 e. The van der Waals surface area contributed by atoms with Gasteiger partial charge in [0, 0.05) is 18.4 Å². The Hall–Kier alpha value is -1.15. The summed E-state index contributed by atoms with van der Waals surface area (Å²) in [5.41, 5.74) is 0.758. The van der Waals surface area contributed by atoms with E-state index in [2.05, 4.69) is 4.18 Å². The molecule has 0 unspecified atom stereocenters. The van der Waals surface area contributed by atoms with Crippen LogP contribution in [0.1, 0.15) is 38.4 Å². The summed E-state index contributed by atoms with van der Waals surface area (Å²) in [4.78, 5) is 0. The van der Waals surface area contributed by atoms with E-state index in [1.807, 2.05) is 38.1 Å². The number of hydrogen-bond donors (Lipinski definition) is 1. The summed E-state index contributed by atoms with van der Waals surface area (Å²) >= 11 is 0. The first-order chi connectivity index (χ1) is 9.39. The first-order valence-electron chi connectivity index (χ1n) is 6.52. The molecule has 7 heteroatoms. The molecule has 0 aliphatic carbocycles. The monoisotopic (exact) mass is 301 g/mol. The molecule has 1 aliphatic heterocycles. The Balaban J connectivity index is 2.30. The number of hydrogen-bond acceptors (Lipinski definition) is 5. The normalized spacial score (nSPS) is 21.1. The van der Waals surface area contributed by atoms with Gasteiger partial charge in [0.1, 0.15) is 11.9 Å². The second kappa shape index (κ2) is 5.69. The summed E-state index contributed by atoms with van der Waals surface area (Å²) in [5.74, 6) is -0.0775. The summed E-state index contributed by atoms with van der Waals surface area (Å²) < 4.78 is 38.4. The van der Waals surface area contributed by atoms with Crippen molar-refractivity contribution >= 4 is 10.3 Å². The Morgan fingerprint density at radius 1 is 1.30 bits per heavy atom. The van der Waals surface area contributed by atoms with Crippen LogP contribution in [0.5, 0.6) is 5.75 Å². The van der Waals surface area contributed by atoms with E-state index in [9.17, 15) is 8.42 Å². The fourth-order valence-electron chi connectivity index (χ4n) is 2.23. The quantitative estimate of drug-likeness (QED) is 0.897. The van der Waals surface area contributed by atoms with E-state index < -0.39 is 22.2 Å². The maximum Gasteiger partial charge on any atom is 0.333 e. The minimum absolute atomic E-state index is 0.166. The third kappa shape index (κ3) is 3.29. The predicted octanol–water partition coefficient (Wildman–Crippen LogP) is 1.87. The molecular formula is C13H19NO5S. The van der Waals surface area contributed by atoms with Crippen LogP contribution in [0.2, 0.25) is 0 Å². The highest BCUT2D eigenvalue weighted by atomic mass is 32.2. The Bertz CT molecular complexity index is 568. The average molecular weight is 301 g/mol. The van der Waals surface area contributed by atoms with Gasteiger partial charge in [0.05, 0.1) is 6.61 Å². The highest BCUT2D eigenvalue weighted by Gasteiger charge is 2.39. The van der Waals surface area contributed by atoms with Crippen LogP contribution in [0, 0.1) is 0 Å². The molecule has 0 bridgehead atoms. The third-order valence-electron chi connectivity index (χ3n) is 3.38. The van der Waals surface area contributed by atoms with Gasteiger partial charge in [0.15, 0.2) is 0 Å². The van der Waals surface area contributed by atoms with E-state index in [0.29, 0.717) is 18.6 Å². The lowest BCUT2D eigenvalue weighted by Crippen LogP contribution is -2.43. The summed E-state index contributed by atoms with van der Waals surface area (Å²) in [6.45, 7) is 3.74. The zero-order chi connectivity index (χ0) is 14.8. The van der Waals surface area contributed by atoms with Crippen LogP contribution in [0.4, 0.5) is 0 Å². The predicted molar refractivity (Wildman–Crippen MR) is 73.3 cm³/mol. The van der Waals surface area contributed by atoms with Crippen LogP contribution in [0.15, 0.2) is 24.3 Å². The number of nitrogens with two attached hydrogens (primary N) is 1. The van der Waals surface area contributed by atoms with E-state index in [1.54, 1.807) is 0 Å². The number of para-hydroxylation sites is 1. The minimum atomic E-state index is -4.00. The lowest BCUT2D eigenvalue weighted by atomic mass is 10.0. The Labute approximate surface area is 119 Å². The Morgan fingerprint density at radius 2 is 1.95 bits per heavy atom. The highest BCUT2D eigenvalue weighted by molar-refractivity contribution is 7.84. The van der Waals surface area contributed by atoms with Gasteiger partial charge in [-0.25, -0.2) is 5.14 Å². The third-order valence-corrected chi connectivity index (χ3v) is 3.84. The molecule has 20 heavy (non-hydrogen) atoms. The van der Waals surface area contributed by atoms with Crippen molar-refractivity contribution in [3.63, 3.8) is 0 Å². The largest absolute Gasteiger partial charge is 0.462 e. The molecule has 2 N–H and O–H groups in total. The summed E-state index contributed by atoms with van der Waals surface area (Å²) in [6.07, 6.45) is 0.756. The fourth-order valence-corrected chi connectivity index (χ4v) is 2.54. The molecule has 0 saturated carbocycles. The van der Waals surface area contributed by atoms with Crippen LogP contribution in [-0.2, 0) is 19.2 Å². The molecule has 0 fully saturated rings. The van der Waals surface area contributed by atoms with Crippen molar-refractivity contribution < 1.29 is 22.1 Å². The maximum absolute atomic E-state index is 11.0. The van der Waals surface area contributed by atoms with E-state index in [1.165, 1.54) is 0 Å². The van der Waals surface area contributed by atoms with E-state index in [0.717, 1.165) is 5.56 Å². The van der Waals surface area contributed by atoms with Gasteiger partial charge in [0.25, 0.3) is 0 Å². The zero-order valence-electron chi connectivity index (χ0n) is 11.5. The van der Waals surface area contributed by atoms with Gasteiger partial charge in [-0.1, -0.05) is 32.0 Å². The molecule has 0 radical (unpaired) electrons. The Morgan fingerprint density at radius 3 is 2.55 bits per heavy atom. The molecular weight excluding hydrogens is 282 g/mol. The SMILES string of the molecule is CCC1(CC)Oc2ccccc2[C@H](COS(N)(=O)=O)O1. The van der Waals surface area contributed by atoms with Gasteiger partial charge >= 0.3 is 10.3 Å². The number of fused-ring (bicyclic) bond motifs is 1. The zero-order valence-corrected chi connectivity index (χ0v) is 12.4. The topological polar surface area (TPSA) is 87.9 Å². The van der Waals surface area contributed by atoms with Crippen LogP contribution in [0.25, 0.3) is 0 Å². The van der Waals surface area contributed by atoms with Crippen molar-refractivity contribution in [2.45, 2.75) is 38.6 Å². The van der Waals surface area contributed by atoms with Crippen LogP contribution in [-0.4, -0.2) is 20.8 Å². The first-order valence-corrected chi connectivity index (χ1v) is 7.99. The van der Waals surface area contributed by atoms with Crippen molar-refractivity contribution in [1.82, 2.24) is 0 Å². The molecule has 6 nitrogen and oxygen atoms in total. The van der Waals surface area contributed by atoms with Crippen LogP contribution >= 0.6 is 0 Å². The molecule has 0 spiro atoms. The molecule has 0 saturated heterocycles. The number of rotatable bonds is 5. The second-order valence-electron chi connectivity index (χ2n) is 4.64. The number of ether oxygens (including phenoxy) is 2. The van der Waals surface area contributed by atoms with Gasteiger partial charge in [-0.15, -0.1) is 0 Å². The Kier molecular flexibility index (Phi) is 4.33. The van der Waals surface area contributed by atoms with E-state index in [-0.39, 0.29) is 6.61 Å². The van der Waals surface area contributed by atoms with Crippen molar-refractivity contribution in [3.8, 4) is 5.75 Å². The lowest BCUT2D eigenvalue weighted by Gasteiger charge is -2.41. The summed E-state index contributed by atoms with van der Waals surface area (Å²) in [6, 6.07) is 7.35. The van der Waals surface area contributed by atoms with Gasteiger partial charge in [-0.2, -0.15) is 8.42 Å². The molecule has 2 rings (SSSR count). The standard InChI is InChI=1S/C13H19NO5S/c1-3-13(4-2)18-11-8-6-5-7-10(11)12(19-13)9-17-20(14,15)16/h5-8,12H,3-4,9H2,1-2H3,(H2,14,15,16)/t12-/m0/s1. The summed E-state index contributed by atoms with van der Waals surface area (Å²) in [5, 5.41) is 4.87. The lowest BCUT2D eigenvalue weighted by molar-refractivity contribution is -0.238. The average Bonchev–Trinajstić information content (AvgIpc) is 2.43. The maximum atomic E-state index is 11.0. The van der Waals surface area contributed by atoms with Gasteiger partial charge in [0.2, 0.25) is 5.79 Å². The molecule has 1 aromatic carbocycles. The van der Waals surface area contributed by atoms with E-state index in [4.69, 9.17) is 14.6 Å². The molecule has 1 atom stereocenters. The molecule has 1 heterocycles. The van der Waals surface area contributed by atoms with Crippen molar-refractivity contribution in [3.05, 3.63) is 29.8 Å². The smallest absolute Gasteiger partial charge is 0.333 e.